The number of hydrogen-bond acceptors (Lipinski definition) is 4. The number of furan rings is 1. The molecule has 0 spiro atoms. The van der Waals surface area contributed by atoms with Gasteiger partial charge < -0.3 is 19.2 Å². The zero-order chi connectivity index (χ0) is 14.4. The number of ether oxygens (including phenoxy) is 2. The van der Waals surface area contributed by atoms with E-state index < -0.39 is 0 Å². The van der Waals surface area contributed by atoms with Crippen LogP contribution in [0.5, 0.6) is 11.5 Å². The van der Waals surface area contributed by atoms with Crippen LogP contribution in [0.2, 0.25) is 0 Å². The van der Waals surface area contributed by atoms with Crippen LogP contribution < -0.4 is 14.8 Å². The van der Waals surface area contributed by atoms with Crippen LogP contribution >= 0.6 is 0 Å². The van der Waals surface area contributed by atoms with E-state index in [0.29, 0.717) is 12.6 Å². The number of hydrogen-bond donors (Lipinski definition) is 1. The molecule has 0 atom stereocenters. The highest BCUT2D eigenvalue weighted by Crippen LogP contribution is 2.20. The first kappa shape index (κ1) is 14.5. The maximum Gasteiger partial charge on any atom is 0.146 e. The molecule has 0 amide bonds. The van der Waals surface area contributed by atoms with Gasteiger partial charge >= 0.3 is 0 Å². The zero-order valence-electron chi connectivity index (χ0n) is 12.2. The molecule has 0 aliphatic rings. The van der Waals surface area contributed by atoms with Crippen molar-refractivity contribution in [1.29, 1.82) is 0 Å². The van der Waals surface area contributed by atoms with Crippen molar-refractivity contribution in [3.8, 4) is 11.5 Å². The second-order valence-electron chi connectivity index (χ2n) is 4.92. The van der Waals surface area contributed by atoms with E-state index in [1.54, 1.807) is 13.4 Å². The van der Waals surface area contributed by atoms with Crippen molar-refractivity contribution in [2.45, 2.75) is 33.0 Å². The molecule has 0 saturated heterocycles. The predicted molar refractivity (Wildman–Crippen MR) is 78.0 cm³/mol. The zero-order valence-corrected chi connectivity index (χ0v) is 12.2. The van der Waals surface area contributed by atoms with Crippen molar-refractivity contribution in [3.63, 3.8) is 0 Å². The first-order chi connectivity index (χ1) is 9.67. The Hall–Kier alpha value is -1.94. The fourth-order valence-corrected chi connectivity index (χ4v) is 1.76. The number of nitrogens with one attached hydrogen (secondary N) is 1. The molecular weight excluding hydrogens is 254 g/mol. The predicted octanol–water partition coefficient (Wildman–Crippen LogP) is 3.37. The summed E-state index contributed by atoms with van der Waals surface area (Å²) in [5, 5.41) is 3.35. The van der Waals surface area contributed by atoms with Crippen molar-refractivity contribution in [1.82, 2.24) is 5.32 Å². The average Bonchev–Trinajstić information content (AvgIpc) is 2.91. The molecule has 4 heteroatoms. The summed E-state index contributed by atoms with van der Waals surface area (Å²) in [6, 6.07) is 10.00. The highest BCUT2D eigenvalue weighted by atomic mass is 16.5. The Balaban J connectivity index is 1.87. The molecule has 0 aliphatic carbocycles. The summed E-state index contributed by atoms with van der Waals surface area (Å²) in [7, 11) is 1.64. The van der Waals surface area contributed by atoms with E-state index in [1.165, 1.54) is 0 Å². The van der Waals surface area contributed by atoms with Gasteiger partial charge in [0.1, 0.15) is 23.9 Å². The smallest absolute Gasteiger partial charge is 0.146 e. The fourth-order valence-electron chi connectivity index (χ4n) is 1.76. The van der Waals surface area contributed by atoms with Gasteiger partial charge in [-0.3, -0.25) is 0 Å². The summed E-state index contributed by atoms with van der Waals surface area (Å²) >= 11 is 0. The minimum absolute atomic E-state index is 0.412. The average molecular weight is 275 g/mol. The molecular formula is C16H21NO3. The molecule has 0 fully saturated rings. The Morgan fingerprint density at radius 2 is 2.00 bits per heavy atom. The molecule has 108 valence electrons. The summed E-state index contributed by atoms with van der Waals surface area (Å²) in [5.41, 5.74) is 1.13. The summed E-state index contributed by atoms with van der Waals surface area (Å²) < 4.78 is 16.3. The highest BCUT2D eigenvalue weighted by molar-refractivity contribution is 5.32. The summed E-state index contributed by atoms with van der Waals surface area (Å²) in [6.07, 6.45) is 1.76. The van der Waals surface area contributed by atoms with Gasteiger partial charge in [-0.2, -0.15) is 0 Å². The van der Waals surface area contributed by atoms with Crippen LogP contribution in [0, 0.1) is 0 Å². The van der Waals surface area contributed by atoms with E-state index in [1.807, 2.05) is 30.3 Å². The first-order valence-corrected chi connectivity index (χ1v) is 6.74. The number of benzene rings is 1. The third kappa shape index (κ3) is 4.31. The van der Waals surface area contributed by atoms with Crippen LogP contribution in [-0.2, 0) is 13.2 Å². The lowest BCUT2D eigenvalue weighted by molar-refractivity contribution is 0.269. The summed E-state index contributed by atoms with van der Waals surface area (Å²) in [6.45, 7) is 5.45. The monoisotopic (exact) mass is 275 g/mol. The molecule has 0 unspecified atom stereocenters. The van der Waals surface area contributed by atoms with Crippen molar-refractivity contribution in [3.05, 3.63) is 47.9 Å². The van der Waals surface area contributed by atoms with Gasteiger partial charge in [0.05, 0.1) is 13.4 Å². The summed E-state index contributed by atoms with van der Waals surface area (Å²) in [5.74, 6) is 2.36. The minimum Gasteiger partial charge on any atom is -0.497 e. The minimum atomic E-state index is 0.412. The maximum atomic E-state index is 5.68. The van der Waals surface area contributed by atoms with Gasteiger partial charge in [-0.25, -0.2) is 0 Å². The van der Waals surface area contributed by atoms with Crippen molar-refractivity contribution in [2.24, 2.45) is 0 Å². The number of methoxy groups -OCH3 is 1. The second-order valence-corrected chi connectivity index (χ2v) is 4.92. The van der Waals surface area contributed by atoms with Gasteiger partial charge in [-0.15, -0.1) is 0 Å². The lowest BCUT2D eigenvalue weighted by Crippen LogP contribution is -2.21. The quantitative estimate of drug-likeness (QED) is 0.841. The fraction of sp³-hybridized carbons (Fsp3) is 0.375. The molecule has 0 aliphatic heterocycles. The molecule has 4 nitrogen and oxygen atoms in total. The lowest BCUT2D eigenvalue weighted by Gasteiger charge is -2.06. The third-order valence-corrected chi connectivity index (χ3v) is 2.84. The molecule has 2 aromatic rings. The molecule has 1 aromatic carbocycles. The van der Waals surface area contributed by atoms with E-state index in [9.17, 15) is 0 Å². The SMILES string of the molecule is COc1cccc(OCc2cc(CNC(C)C)co2)c1. The molecule has 2 rings (SSSR count). The molecule has 0 radical (unpaired) electrons. The molecule has 0 bridgehead atoms. The largest absolute Gasteiger partial charge is 0.497 e. The lowest BCUT2D eigenvalue weighted by atomic mass is 10.3. The van der Waals surface area contributed by atoms with E-state index in [2.05, 4.69) is 19.2 Å². The molecule has 1 N–H and O–H groups in total. The van der Waals surface area contributed by atoms with Crippen LogP contribution in [0.25, 0.3) is 0 Å². The standard InChI is InChI=1S/C16H21NO3/c1-12(2)17-9-13-7-16(19-10-13)11-20-15-6-4-5-14(8-15)18-3/h4-8,10,12,17H,9,11H2,1-3H3. The Bertz CT molecular complexity index is 534. The highest BCUT2D eigenvalue weighted by Gasteiger charge is 2.04. The Morgan fingerprint density at radius 1 is 1.20 bits per heavy atom. The van der Waals surface area contributed by atoms with Gasteiger partial charge in [-0.05, 0) is 18.2 Å². The van der Waals surface area contributed by atoms with Gasteiger partial charge in [0.25, 0.3) is 0 Å². The van der Waals surface area contributed by atoms with Crippen LogP contribution in [0.4, 0.5) is 0 Å². The maximum absolute atomic E-state index is 5.68. The molecule has 20 heavy (non-hydrogen) atoms. The van der Waals surface area contributed by atoms with Gasteiger partial charge in [0, 0.05) is 24.2 Å². The van der Waals surface area contributed by atoms with Gasteiger partial charge in [0.2, 0.25) is 0 Å². The van der Waals surface area contributed by atoms with Gasteiger partial charge in [-0.1, -0.05) is 19.9 Å². The van der Waals surface area contributed by atoms with E-state index in [4.69, 9.17) is 13.9 Å². The van der Waals surface area contributed by atoms with E-state index >= 15 is 0 Å². The Kier molecular flexibility index (Phi) is 5.07. The Labute approximate surface area is 119 Å². The van der Waals surface area contributed by atoms with Crippen molar-refractivity contribution < 1.29 is 13.9 Å². The van der Waals surface area contributed by atoms with Crippen LogP contribution in [-0.4, -0.2) is 13.2 Å². The van der Waals surface area contributed by atoms with E-state index in [-0.39, 0.29) is 0 Å². The normalized spacial score (nSPS) is 10.8. The molecule has 1 aromatic heterocycles. The first-order valence-electron chi connectivity index (χ1n) is 6.74. The summed E-state index contributed by atoms with van der Waals surface area (Å²) in [4.78, 5) is 0. The third-order valence-electron chi connectivity index (χ3n) is 2.84. The molecule has 1 heterocycles. The van der Waals surface area contributed by atoms with Crippen LogP contribution in [0.1, 0.15) is 25.2 Å². The van der Waals surface area contributed by atoms with Crippen molar-refractivity contribution >= 4 is 0 Å². The topological polar surface area (TPSA) is 43.6 Å². The van der Waals surface area contributed by atoms with Crippen molar-refractivity contribution in [2.75, 3.05) is 7.11 Å². The molecule has 0 saturated carbocycles. The van der Waals surface area contributed by atoms with Crippen LogP contribution in [0.15, 0.2) is 41.0 Å². The van der Waals surface area contributed by atoms with Crippen LogP contribution in [0.3, 0.4) is 0 Å². The second kappa shape index (κ2) is 7.01. The number of rotatable bonds is 7. The van der Waals surface area contributed by atoms with E-state index in [0.717, 1.165) is 29.4 Å². The Morgan fingerprint density at radius 3 is 2.75 bits per heavy atom. The van der Waals surface area contributed by atoms with Gasteiger partial charge in [0.15, 0.2) is 0 Å².